The van der Waals surface area contributed by atoms with E-state index in [1.165, 1.54) is 0 Å². The zero-order valence-electron chi connectivity index (χ0n) is 49.7. The van der Waals surface area contributed by atoms with Gasteiger partial charge in [0.05, 0.1) is 16.6 Å². The molecule has 4 bridgehead atoms. The standard InChI is InChI=1S/C39H30N8O.C33H20N8.2Al/c1-22(2)48-39(3,4)21-31-23-13-5-7-15-25(23)33(41-31)43-35-27-17-9-11-19-29(27)37(45-35)47-38-30-20-12-10-18-28(30)36(46-38)44-34-26-16-8-6-14-24(26)32(40)42-34;1-34-27-21-12-4-5-13-22(21)29(36-27)38-31-25-16-8-9-17-26(25)33(40-31)41-32-24-15-7-6-14-23(24)30(39-32)37-28-20-11-3-2-10-19(20)18-35-28;;/h5-20H,1-4H3,(H2-,40,41,42,43,44,45,47);2-17H,1,18H2;;/q2*-2;2*+2. The van der Waals surface area contributed by atoms with E-state index in [1.54, 1.807) is 0 Å². The van der Waals surface area contributed by atoms with Gasteiger partial charge in [-0.2, -0.15) is 0 Å². The maximum atomic E-state index is 8.45. The van der Waals surface area contributed by atoms with Crippen molar-refractivity contribution in [3.05, 3.63) is 261 Å². The Hall–Kier alpha value is -10.6. The topological polar surface area (TPSA) is 189 Å². The zero-order chi connectivity index (χ0) is 60.8. The average molecular weight is 1210 g/mol. The molecule has 8 aliphatic heterocycles. The van der Waals surface area contributed by atoms with Crippen LogP contribution in [-0.2, 0) is 11.3 Å². The van der Waals surface area contributed by atoms with Crippen molar-refractivity contribution in [3.8, 4) is 0 Å². The molecule has 0 radical (unpaired) electrons. The van der Waals surface area contributed by atoms with E-state index in [0.717, 1.165) is 109 Å². The van der Waals surface area contributed by atoms with E-state index in [2.05, 4.69) is 188 Å². The molecule has 8 aromatic carbocycles. The lowest BCUT2D eigenvalue weighted by atomic mass is 10.1. The number of hydrogen-bond donors (Lipinski definition) is 1. The lowest BCUT2D eigenvalue weighted by molar-refractivity contribution is -0.0492. The van der Waals surface area contributed by atoms with Crippen molar-refractivity contribution in [1.82, 2.24) is 14.5 Å². The maximum absolute atomic E-state index is 8.45. The molecule has 2 N–H and O–H groups in total. The number of nitrogens with zero attached hydrogens (tertiary/aromatic N) is 15. The molecular formula is C72H50Al2N16O. The van der Waals surface area contributed by atoms with Gasteiger partial charge in [-0.3, -0.25) is 4.99 Å². The van der Waals surface area contributed by atoms with E-state index in [1.807, 2.05) is 54.6 Å². The number of benzene rings is 8. The number of ether oxygens (including phenoxy) is 1. The van der Waals surface area contributed by atoms with Crippen LogP contribution in [0, 0.1) is 0 Å². The summed E-state index contributed by atoms with van der Waals surface area (Å²) in [6, 6.07) is 66.5. The highest BCUT2D eigenvalue weighted by Gasteiger charge is 2.60. The third kappa shape index (κ3) is 7.34. The number of aromatic nitrogens is 3. The third-order valence-corrected chi connectivity index (χ3v) is 25.5. The molecule has 0 spiro atoms. The van der Waals surface area contributed by atoms with Crippen LogP contribution in [0.15, 0.2) is 249 Å². The third-order valence-electron chi connectivity index (χ3n) is 18.8. The number of fused-ring (bicyclic) bond motifs is 23. The number of hydrogen-bond acceptors (Lipinski definition) is 12. The molecule has 0 saturated carbocycles. The predicted octanol–water partition coefficient (Wildman–Crippen LogP) is 11.2. The Bertz CT molecular complexity index is 5680. The molecule has 11 heterocycles. The van der Waals surface area contributed by atoms with Crippen LogP contribution in [-0.4, -0.2) is 113 Å². The van der Waals surface area contributed by atoms with E-state index in [9.17, 15) is 0 Å². The van der Waals surface area contributed by atoms with Gasteiger partial charge in [0, 0.05) is 87.7 Å². The first-order valence-corrected chi connectivity index (χ1v) is 33.6. The minimum Gasteiger partial charge on any atom is -0.396 e. The van der Waals surface area contributed by atoms with Crippen LogP contribution in [0.4, 0.5) is 23.3 Å². The van der Waals surface area contributed by atoms with Gasteiger partial charge in [0.2, 0.25) is 0 Å². The smallest absolute Gasteiger partial charge is 0.396 e. The highest BCUT2D eigenvalue weighted by molar-refractivity contribution is 6.79. The second-order valence-corrected chi connectivity index (χ2v) is 30.3. The molecule has 91 heavy (non-hydrogen) atoms. The molecule has 0 amide bonds. The molecule has 0 atom stereocenters. The van der Waals surface area contributed by atoms with Crippen LogP contribution in [0.5, 0.6) is 0 Å². The summed E-state index contributed by atoms with van der Waals surface area (Å²) in [5.74, 6) is 8.03. The van der Waals surface area contributed by atoms with Gasteiger partial charge in [-0.15, -0.1) is 0 Å². The summed E-state index contributed by atoms with van der Waals surface area (Å²) in [5.41, 5.74) is 15.7. The summed E-state index contributed by atoms with van der Waals surface area (Å²) < 4.78 is 18.0. The Balaban J connectivity index is 0.891. The van der Waals surface area contributed by atoms with Crippen LogP contribution in [0.25, 0.3) is 36.8 Å². The normalized spacial score (nSPS) is 17.2. The summed E-state index contributed by atoms with van der Waals surface area (Å²) in [5, 5.41) is 6.70. The fourth-order valence-electron chi connectivity index (χ4n) is 15.1. The van der Waals surface area contributed by atoms with Crippen molar-refractivity contribution in [3.63, 3.8) is 0 Å². The van der Waals surface area contributed by atoms with E-state index in [0.29, 0.717) is 76.5 Å². The summed E-state index contributed by atoms with van der Waals surface area (Å²) in [6.07, 6.45) is 0. The Labute approximate surface area is 529 Å². The summed E-state index contributed by atoms with van der Waals surface area (Å²) in [6.45, 7) is 13.8. The Morgan fingerprint density at radius 2 is 0.978 bits per heavy atom. The molecular weight excluding hydrogens is 1160 g/mol. The molecule has 8 aliphatic rings. The molecule has 0 unspecified atom stereocenters. The van der Waals surface area contributed by atoms with Gasteiger partial charge >= 0.3 is 29.2 Å². The summed E-state index contributed by atoms with van der Waals surface area (Å²) >= 11 is -6.29. The number of amidine groups is 9. The molecule has 0 fully saturated rings. The molecule has 430 valence electrons. The van der Waals surface area contributed by atoms with E-state index in [4.69, 9.17) is 65.4 Å². The second-order valence-electron chi connectivity index (χ2n) is 24.8. The van der Waals surface area contributed by atoms with Crippen LogP contribution in [0.2, 0.25) is 0 Å². The monoisotopic (exact) mass is 1210 g/mol. The summed E-state index contributed by atoms with van der Waals surface area (Å²) in [7, 11) is 0. The Morgan fingerprint density at radius 1 is 0.473 bits per heavy atom. The lowest BCUT2D eigenvalue weighted by Crippen LogP contribution is -2.67. The highest BCUT2D eigenvalue weighted by atomic mass is 27.2. The lowest BCUT2D eigenvalue weighted by Gasteiger charge is -2.46. The van der Waals surface area contributed by atoms with Crippen molar-refractivity contribution in [2.75, 3.05) is 0 Å². The van der Waals surface area contributed by atoms with E-state index < -0.39 is 39.2 Å². The molecule has 0 aliphatic carbocycles. The van der Waals surface area contributed by atoms with Crippen molar-refractivity contribution in [2.24, 2.45) is 60.7 Å². The number of nitrogens with two attached hydrogens (primary N) is 1. The maximum Gasteiger partial charge on any atom is 0.630 e. The van der Waals surface area contributed by atoms with Gasteiger partial charge in [-0.05, 0) is 44.4 Å². The Kier molecular flexibility index (Phi) is 10.9. The quantitative estimate of drug-likeness (QED) is 0.128. The van der Waals surface area contributed by atoms with Crippen LogP contribution in [0.3, 0.4) is 0 Å². The zero-order valence-corrected chi connectivity index (χ0v) is 52.0. The SMILES string of the molecule is C=Nc1c2ccccc2c2[n]1[Al]([C](C)(C)OC(C)(C)[C]1=c3c4ccccc4c4[n]3[Al]1[n]1c(N=C3N=C(N)c5ccccc53)c3ccccc3c1N=C1N=C(N=4)c3ccccc31)[N]1C(=NC3=NCc4ccccc43)c3ccccc3C1=NC1=NC(=N2)c2ccccc21. The molecule has 19 rings (SSSR count). The van der Waals surface area contributed by atoms with Crippen molar-refractivity contribution in [2.45, 2.75) is 44.3 Å². The number of rotatable bonds is 6. The molecule has 19 heteroatoms. The first kappa shape index (κ1) is 52.3. The second kappa shape index (κ2) is 19.0. The van der Waals surface area contributed by atoms with Crippen LogP contribution < -0.4 is 16.6 Å². The molecule has 11 aromatic rings. The van der Waals surface area contributed by atoms with Crippen LogP contribution >= 0.6 is 0 Å². The molecule has 0 saturated heterocycles. The van der Waals surface area contributed by atoms with Gasteiger partial charge in [-0.1, -0.05) is 194 Å². The van der Waals surface area contributed by atoms with E-state index in [-0.39, 0.29) is 0 Å². The predicted molar refractivity (Wildman–Crippen MR) is 366 cm³/mol. The van der Waals surface area contributed by atoms with Crippen molar-refractivity contribution >= 4 is 148 Å². The largest absolute Gasteiger partial charge is 0.630 e. The van der Waals surface area contributed by atoms with Gasteiger partial charge in [0.1, 0.15) is 46.3 Å². The molecule has 3 aromatic heterocycles. The van der Waals surface area contributed by atoms with Gasteiger partial charge in [0.25, 0.3) is 0 Å². The minimum atomic E-state index is -3.32. The van der Waals surface area contributed by atoms with Crippen LogP contribution in [0.1, 0.15) is 83.3 Å². The minimum absolute atomic E-state index is 0.416. The first-order valence-electron chi connectivity index (χ1n) is 30.4. The summed E-state index contributed by atoms with van der Waals surface area (Å²) in [4.78, 5) is 60.0. The fourth-order valence-corrected chi connectivity index (χ4v) is 22.3. The highest BCUT2D eigenvalue weighted by Crippen LogP contribution is 2.48. The van der Waals surface area contributed by atoms with Gasteiger partial charge < -0.3 is 25.0 Å². The molecule has 17 nitrogen and oxygen atoms in total. The number of aliphatic imine (C=N–C) groups is 10. The first-order chi connectivity index (χ1) is 44.5. The van der Waals surface area contributed by atoms with Crippen molar-refractivity contribution in [1.29, 1.82) is 0 Å². The average Bonchev–Trinajstić information content (AvgIpc) is 1.55. The van der Waals surface area contributed by atoms with Gasteiger partial charge in [0.15, 0.2) is 35.0 Å². The fraction of sp³-hybridized carbons (Fsp3) is 0.0972. The van der Waals surface area contributed by atoms with Crippen molar-refractivity contribution < 1.29 is 4.74 Å². The Morgan fingerprint density at radius 3 is 1.63 bits per heavy atom. The van der Waals surface area contributed by atoms with E-state index >= 15 is 0 Å². The van der Waals surface area contributed by atoms with Gasteiger partial charge in [-0.25, -0.2) is 49.9 Å².